The molecule has 0 atom stereocenters. The molecule has 5 heteroatoms. The third-order valence-electron chi connectivity index (χ3n) is 3.84. The van der Waals surface area contributed by atoms with E-state index in [-0.39, 0.29) is 0 Å². The molecule has 4 rings (SSSR count). The fourth-order valence-corrected chi connectivity index (χ4v) is 3.58. The maximum Gasteiger partial charge on any atom is 0.205 e. The largest absolute Gasteiger partial charge is 0.461 e. The summed E-state index contributed by atoms with van der Waals surface area (Å²) in [6.07, 6.45) is 1.65. The van der Waals surface area contributed by atoms with Crippen molar-refractivity contribution in [3.63, 3.8) is 0 Å². The fourth-order valence-electron chi connectivity index (χ4n) is 2.69. The van der Waals surface area contributed by atoms with Gasteiger partial charge in [-0.15, -0.1) is 10.2 Å². The van der Waals surface area contributed by atoms with Gasteiger partial charge in [-0.1, -0.05) is 59.8 Å². The zero-order chi connectivity index (χ0) is 17.1. The zero-order valence-corrected chi connectivity index (χ0v) is 14.6. The highest BCUT2D eigenvalue weighted by Crippen LogP contribution is 2.29. The molecule has 0 radical (unpaired) electrons. The van der Waals surface area contributed by atoms with Crippen LogP contribution in [0.25, 0.3) is 17.3 Å². The quantitative estimate of drug-likeness (QED) is 0.470. The van der Waals surface area contributed by atoms with Crippen molar-refractivity contribution in [2.24, 2.45) is 0 Å². The van der Waals surface area contributed by atoms with E-state index in [9.17, 15) is 0 Å². The molecule has 0 aliphatic rings. The first-order valence-corrected chi connectivity index (χ1v) is 9.03. The highest BCUT2D eigenvalue weighted by molar-refractivity contribution is 7.98. The summed E-state index contributed by atoms with van der Waals surface area (Å²) in [6, 6.07) is 22.4. The van der Waals surface area contributed by atoms with Gasteiger partial charge in [0.2, 0.25) is 5.82 Å². The van der Waals surface area contributed by atoms with E-state index in [1.165, 1.54) is 11.1 Å². The Kier molecular flexibility index (Phi) is 4.39. The number of hydrogen-bond acceptors (Lipinski definition) is 4. The Balaban J connectivity index is 1.70. The number of benzene rings is 2. The van der Waals surface area contributed by atoms with E-state index >= 15 is 0 Å². The number of nitrogens with zero attached hydrogens (tertiary/aromatic N) is 3. The second-order valence-corrected chi connectivity index (χ2v) is 6.67. The highest BCUT2D eigenvalue weighted by atomic mass is 32.2. The third kappa shape index (κ3) is 3.37. The van der Waals surface area contributed by atoms with Crippen molar-refractivity contribution in [1.82, 2.24) is 14.8 Å². The summed E-state index contributed by atoms with van der Waals surface area (Å²) in [7, 11) is 0. The van der Waals surface area contributed by atoms with Crippen molar-refractivity contribution in [3.8, 4) is 17.3 Å². The Morgan fingerprint density at radius 3 is 2.60 bits per heavy atom. The summed E-state index contributed by atoms with van der Waals surface area (Å²) in [5.41, 5.74) is 3.55. The number of hydrogen-bond donors (Lipinski definition) is 0. The Bertz CT molecular complexity index is 962. The number of thioether (sulfide) groups is 1. The topological polar surface area (TPSA) is 43.9 Å². The molecule has 25 heavy (non-hydrogen) atoms. The Morgan fingerprint density at radius 2 is 1.84 bits per heavy atom. The van der Waals surface area contributed by atoms with Gasteiger partial charge in [-0.3, -0.25) is 4.57 Å². The standard InChI is InChI=1S/C20H17N3OS/c1-15-7-5-8-16(13-15)14-25-20-22-21-19(18-11-6-12-24-18)23(20)17-9-3-2-4-10-17/h2-13H,14H2,1H3. The lowest BCUT2D eigenvalue weighted by atomic mass is 10.2. The van der Waals surface area contributed by atoms with Crippen LogP contribution in [0.3, 0.4) is 0 Å². The highest BCUT2D eigenvalue weighted by Gasteiger charge is 2.17. The first-order valence-electron chi connectivity index (χ1n) is 8.04. The minimum atomic E-state index is 0.707. The lowest BCUT2D eigenvalue weighted by Gasteiger charge is -2.09. The van der Waals surface area contributed by atoms with Crippen LogP contribution in [0.2, 0.25) is 0 Å². The number of aromatic nitrogens is 3. The molecule has 124 valence electrons. The second-order valence-electron chi connectivity index (χ2n) is 5.73. The molecule has 2 heterocycles. The van der Waals surface area contributed by atoms with Gasteiger partial charge in [0.1, 0.15) is 0 Å². The molecule has 0 amide bonds. The third-order valence-corrected chi connectivity index (χ3v) is 4.84. The lowest BCUT2D eigenvalue weighted by Crippen LogP contribution is -1.99. The molecule has 0 N–H and O–H groups in total. The average Bonchev–Trinajstić information content (AvgIpc) is 3.30. The van der Waals surface area contributed by atoms with E-state index in [1.54, 1.807) is 18.0 Å². The number of para-hydroxylation sites is 1. The average molecular weight is 347 g/mol. The fraction of sp³-hybridized carbons (Fsp3) is 0.100. The smallest absolute Gasteiger partial charge is 0.205 e. The molecule has 0 saturated carbocycles. The van der Waals surface area contributed by atoms with Crippen LogP contribution in [0.1, 0.15) is 11.1 Å². The molecule has 0 aliphatic carbocycles. The Labute approximate surface area is 150 Å². The van der Waals surface area contributed by atoms with Gasteiger partial charge in [0.05, 0.1) is 6.26 Å². The maximum atomic E-state index is 5.54. The predicted molar refractivity (Wildman–Crippen MR) is 99.8 cm³/mol. The monoisotopic (exact) mass is 347 g/mol. The molecule has 0 fully saturated rings. The number of aryl methyl sites for hydroxylation is 1. The van der Waals surface area contributed by atoms with Gasteiger partial charge >= 0.3 is 0 Å². The minimum absolute atomic E-state index is 0.707. The normalized spacial score (nSPS) is 10.9. The van der Waals surface area contributed by atoms with Crippen molar-refractivity contribution in [1.29, 1.82) is 0 Å². The van der Waals surface area contributed by atoms with Gasteiger partial charge < -0.3 is 4.42 Å². The molecular weight excluding hydrogens is 330 g/mol. The van der Waals surface area contributed by atoms with Gasteiger partial charge in [0, 0.05) is 11.4 Å². The van der Waals surface area contributed by atoms with Crippen molar-refractivity contribution in [3.05, 3.63) is 84.1 Å². The summed E-state index contributed by atoms with van der Waals surface area (Å²) in [5.74, 6) is 2.26. The summed E-state index contributed by atoms with van der Waals surface area (Å²) < 4.78 is 7.58. The summed E-state index contributed by atoms with van der Waals surface area (Å²) in [5, 5.41) is 9.61. The number of rotatable bonds is 5. The van der Waals surface area contributed by atoms with Crippen LogP contribution < -0.4 is 0 Å². The molecule has 0 aliphatic heterocycles. The summed E-state index contributed by atoms with van der Waals surface area (Å²) in [4.78, 5) is 0. The molecule has 0 unspecified atom stereocenters. The Hall–Kier alpha value is -2.79. The summed E-state index contributed by atoms with van der Waals surface area (Å²) in [6.45, 7) is 2.11. The molecule has 4 aromatic rings. The first kappa shape index (κ1) is 15.7. The summed E-state index contributed by atoms with van der Waals surface area (Å²) >= 11 is 1.67. The van der Waals surface area contributed by atoms with E-state index in [0.29, 0.717) is 11.6 Å². The van der Waals surface area contributed by atoms with E-state index in [0.717, 1.165) is 16.6 Å². The lowest BCUT2D eigenvalue weighted by molar-refractivity contribution is 0.575. The minimum Gasteiger partial charge on any atom is -0.461 e. The molecule has 2 aromatic heterocycles. The molecule has 0 spiro atoms. The van der Waals surface area contributed by atoms with Crippen molar-refractivity contribution < 1.29 is 4.42 Å². The van der Waals surface area contributed by atoms with Gasteiger partial charge in [-0.2, -0.15) is 0 Å². The van der Waals surface area contributed by atoms with E-state index in [4.69, 9.17) is 4.42 Å². The van der Waals surface area contributed by atoms with Crippen LogP contribution in [-0.4, -0.2) is 14.8 Å². The van der Waals surface area contributed by atoms with Crippen LogP contribution in [0.5, 0.6) is 0 Å². The second kappa shape index (κ2) is 6.99. The van der Waals surface area contributed by atoms with Gasteiger partial charge in [0.25, 0.3) is 0 Å². The van der Waals surface area contributed by atoms with Crippen LogP contribution in [-0.2, 0) is 5.75 Å². The van der Waals surface area contributed by atoms with Crippen LogP contribution in [0, 0.1) is 6.92 Å². The molecule has 2 aromatic carbocycles. The van der Waals surface area contributed by atoms with E-state index in [2.05, 4.69) is 41.4 Å². The Morgan fingerprint density at radius 1 is 0.960 bits per heavy atom. The van der Waals surface area contributed by atoms with Crippen molar-refractivity contribution in [2.45, 2.75) is 17.8 Å². The predicted octanol–water partition coefficient (Wildman–Crippen LogP) is 5.13. The van der Waals surface area contributed by atoms with E-state index < -0.39 is 0 Å². The molecule has 4 nitrogen and oxygen atoms in total. The van der Waals surface area contributed by atoms with Crippen molar-refractivity contribution >= 4 is 11.8 Å². The van der Waals surface area contributed by atoms with Gasteiger partial charge in [-0.05, 0) is 36.8 Å². The van der Waals surface area contributed by atoms with Crippen LogP contribution in [0.15, 0.2) is 82.6 Å². The molecule has 0 bridgehead atoms. The van der Waals surface area contributed by atoms with Gasteiger partial charge in [-0.25, -0.2) is 0 Å². The van der Waals surface area contributed by atoms with Gasteiger partial charge in [0.15, 0.2) is 10.9 Å². The first-order chi connectivity index (χ1) is 12.3. The van der Waals surface area contributed by atoms with E-state index in [1.807, 2.05) is 47.0 Å². The number of furan rings is 1. The van der Waals surface area contributed by atoms with Crippen LogP contribution in [0.4, 0.5) is 0 Å². The molecular formula is C20H17N3OS. The van der Waals surface area contributed by atoms with Crippen LogP contribution >= 0.6 is 11.8 Å². The molecule has 0 saturated heterocycles. The SMILES string of the molecule is Cc1cccc(CSc2nnc(-c3ccco3)n2-c2ccccc2)c1. The zero-order valence-electron chi connectivity index (χ0n) is 13.8. The van der Waals surface area contributed by atoms with Crippen molar-refractivity contribution in [2.75, 3.05) is 0 Å². The maximum absolute atomic E-state index is 5.54.